The van der Waals surface area contributed by atoms with Crippen LogP contribution in [0.15, 0.2) is 30.6 Å². The smallest absolute Gasteiger partial charge is 0.0718 e. The van der Waals surface area contributed by atoms with E-state index in [1.54, 1.807) is 18.5 Å². The van der Waals surface area contributed by atoms with Gasteiger partial charge in [-0.3, -0.25) is 4.98 Å². The van der Waals surface area contributed by atoms with E-state index >= 15 is 0 Å². The van der Waals surface area contributed by atoms with E-state index in [2.05, 4.69) is 43.2 Å². The molecule has 0 radical (unpaired) electrons. The highest BCUT2D eigenvalue weighted by Crippen LogP contribution is 2.30. The second-order valence-electron chi connectivity index (χ2n) is 5.23. The number of nitrogens with one attached hydrogen (secondary N) is 1. The van der Waals surface area contributed by atoms with Crippen molar-refractivity contribution in [2.75, 3.05) is 5.32 Å². The summed E-state index contributed by atoms with van der Waals surface area (Å²) in [6.45, 7) is 7.47. The molecule has 0 aromatic carbocycles. The minimum Gasteiger partial charge on any atom is -0.378 e. The minimum absolute atomic E-state index is 0.217. The summed E-state index contributed by atoms with van der Waals surface area (Å²) in [4.78, 5) is 6.76. The molecule has 0 saturated carbocycles. The summed E-state index contributed by atoms with van der Waals surface area (Å²) in [5.41, 5.74) is 1.10. The summed E-state index contributed by atoms with van der Waals surface area (Å²) < 4.78 is 0. The molecule has 0 aliphatic carbocycles. The molecule has 96 valence electrons. The van der Waals surface area contributed by atoms with Gasteiger partial charge in [0.1, 0.15) is 0 Å². The molecule has 0 bridgehead atoms. The normalized spacial score (nSPS) is 11.6. The second-order valence-corrected chi connectivity index (χ2v) is 6.80. The zero-order valence-electron chi connectivity index (χ0n) is 10.8. The van der Waals surface area contributed by atoms with Crippen molar-refractivity contribution in [1.29, 1.82) is 0 Å². The number of anilines is 1. The zero-order valence-corrected chi connectivity index (χ0v) is 12.4. The van der Waals surface area contributed by atoms with E-state index in [0.29, 0.717) is 5.02 Å². The first-order valence-electron chi connectivity index (χ1n) is 5.89. The van der Waals surface area contributed by atoms with Gasteiger partial charge in [0.15, 0.2) is 0 Å². The molecule has 0 saturated heterocycles. The number of halogens is 1. The van der Waals surface area contributed by atoms with Gasteiger partial charge in [0.2, 0.25) is 0 Å². The summed E-state index contributed by atoms with van der Waals surface area (Å²) in [7, 11) is 0. The van der Waals surface area contributed by atoms with E-state index < -0.39 is 0 Å². The Balaban J connectivity index is 2.03. The number of thiophene rings is 1. The van der Waals surface area contributed by atoms with Crippen LogP contribution in [-0.4, -0.2) is 4.98 Å². The third-order valence-electron chi connectivity index (χ3n) is 2.62. The highest BCUT2D eigenvalue weighted by Gasteiger charge is 2.15. The lowest BCUT2D eigenvalue weighted by Gasteiger charge is -2.15. The van der Waals surface area contributed by atoms with Crippen LogP contribution in [0.5, 0.6) is 0 Å². The molecule has 2 nitrogen and oxygen atoms in total. The molecule has 0 fully saturated rings. The number of pyridine rings is 1. The van der Waals surface area contributed by atoms with Crippen LogP contribution in [0.4, 0.5) is 5.69 Å². The van der Waals surface area contributed by atoms with Crippen LogP contribution in [0.25, 0.3) is 0 Å². The van der Waals surface area contributed by atoms with Crippen molar-refractivity contribution < 1.29 is 0 Å². The number of rotatable bonds is 3. The van der Waals surface area contributed by atoms with Gasteiger partial charge in [0.05, 0.1) is 16.9 Å². The van der Waals surface area contributed by atoms with E-state index in [1.807, 2.05) is 11.3 Å². The molecule has 0 atom stereocenters. The number of nitrogens with zero attached hydrogens (tertiary/aromatic N) is 1. The van der Waals surface area contributed by atoms with Gasteiger partial charge in [-0.25, -0.2) is 0 Å². The molecule has 18 heavy (non-hydrogen) atoms. The molecule has 0 unspecified atom stereocenters. The molecular formula is C14H17ClN2S. The Morgan fingerprint density at radius 3 is 2.67 bits per heavy atom. The molecule has 2 aromatic rings. The number of aromatic nitrogens is 1. The maximum atomic E-state index is 6.07. The molecule has 0 aliphatic rings. The predicted molar refractivity (Wildman–Crippen MR) is 79.6 cm³/mol. The maximum absolute atomic E-state index is 6.07. The van der Waals surface area contributed by atoms with Crippen molar-refractivity contribution >= 4 is 28.6 Å². The summed E-state index contributed by atoms with van der Waals surface area (Å²) >= 11 is 7.91. The molecule has 2 aromatic heterocycles. The Hall–Kier alpha value is -1.06. The van der Waals surface area contributed by atoms with Crippen LogP contribution in [0.3, 0.4) is 0 Å². The Morgan fingerprint density at radius 1 is 1.28 bits per heavy atom. The van der Waals surface area contributed by atoms with E-state index in [0.717, 1.165) is 12.2 Å². The van der Waals surface area contributed by atoms with Gasteiger partial charge in [0.25, 0.3) is 0 Å². The van der Waals surface area contributed by atoms with E-state index in [9.17, 15) is 0 Å². The van der Waals surface area contributed by atoms with Crippen LogP contribution < -0.4 is 5.32 Å². The monoisotopic (exact) mass is 280 g/mol. The first-order valence-corrected chi connectivity index (χ1v) is 7.09. The molecule has 2 rings (SSSR count). The molecule has 2 heterocycles. The van der Waals surface area contributed by atoms with Gasteiger partial charge in [-0.1, -0.05) is 32.4 Å². The Bertz CT molecular complexity index is 529. The first-order chi connectivity index (χ1) is 8.47. The number of hydrogen-bond donors (Lipinski definition) is 1. The van der Waals surface area contributed by atoms with E-state index in [-0.39, 0.29) is 5.41 Å². The summed E-state index contributed by atoms with van der Waals surface area (Å²) in [6, 6.07) is 6.16. The van der Waals surface area contributed by atoms with Crippen molar-refractivity contribution in [3.8, 4) is 0 Å². The molecule has 0 spiro atoms. The van der Waals surface area contributed by atoms with Crippen LogP contribution >= 0.6 is 22.9 Å². The van der Waals surface area contributed by atoms with Crippen molar-refractivity contribution in [2.45, 2.75) is 32.7 Å². The van der Waals surface area contributed by atoms with Gasteiger partial charge >= 0.3 is 0 Å². The highest BCUT2D eigenvalue weighted by molar-refractivity contribution is 7.12. The Kier molecular flexibility index (Phi) is 3.93. The van der Waals surface area contributed by atoms with Crippen molar-refractivity contribution in [3.63, 3.8) is 0 Å². The highest BCUT2D eigenvalue weighted by atomic mass is 35.5. The number of hydrogen-bond acceptors (Lipinski definition) is 3. The molecular weight excluding hydrogens is 264 g/mol. The van der Waals surface area contributed by atoms with Gasteiger partial charge in [-0.2, -0.15) is 0 Å². The lowest BCUT2D eigenvalue weighted by molar-refractivity contribution is 0.604. The quantitative estimate of drug-likeness (QED) is 0.881. The minimum atomic E-state index is 0.217. The maximum Gasteiger partial charge on any atom is 0.0718 e. The zero-order chi connectivity index (χ0) is 13.2. The molecule has 0 amide bonds. The van der Waals surface area contributed by atoms with Gasteiger partial charge in [-0.05, 0) is 23.6 Å². The lowest BCUT2D eigenvalue weighted by Crippen LogP contribution is -2.07. The fourth-order valence-corrected chi connectivity index (χ4v) is 2.74. The van der Waals surface area contributed by atoms with Crippen LogP contribution in [0.2, 0.25) is 5.02 Å². The predicted octanol–water partition coefficient (Wildman–Crippen LogP) is 4.71. The van der Waals surface area contributed by atoms with Crippen molar-refractivity contribution in [2.24, 2.45) is 0 Å². The van der Waals surface area contributed by atoms with Crippen LogP contribution in [0, 0.1) is 0 Å². The fourth-order valence-electron chi connectivity index (χ4n) is 1.57. The third kappa shape index (κ3) is 3.24. The second kappa shape index (κ2) is 5.29. The third-order valence-corrected chi connectivity index (χ3v) is 4.46. The largest absolute Gasteiger partial charge is 0.378 e. The van der Waals surface area contributed by atoms with Crippen molar-refractivity contribution in [3.05, 3.63) is 45.4 Å². The lowest BCUT2D eigenvalue weighted by atomic mass is 9.95. The Morgan fingerprint density at radius 2 is 2.06 bits per heavy atom. The standard InChI is InChI=1S/C14H17ClN2S/c1-14(2,3)13-5-4-10(18-13)8-17-12-9-16-7-6-11(12)15/h4-7,9,17H,8H2,1-3H3. The molecule has 1 N–H and O–H groups in total. The summed E-state index contributed by atoms with van der Waals surface area (Å²) in [5.74, 6) is 0. The van der Waals surface area contributed by atoms with E-state index in [1.165, 1.54) is 9.75 Å². The van der Waals surface area contributed by atoms with Crippen molar-refractivity contribution in [1.82, 2.24) is 4.98 Å². The average Bonchev–Trinajstić information content (AvgIpc) is 2.76. The molecule has 0 aliphatic heterocycles. The van der Waals surface area contributed by atoms with Gasteiger partial charge < -0.3 is 5.32 Å². The average molecular weight is 281 g/mol. The topological polar surface area (TPSA) is 24.9 Å². The molecule has 4 heteroatoms. The van der Waals surface area contributed by atoms with E-state index in [4.69, 9.17) is 11.6 Å². The summed E-state index contributed by atoms with van der Waals surface area (Å²) in [6.07, 6.45) is 3.44. The van der Waals surface area contributed by atoms with Gasteiger partial charge in [0, 0.05) is 22.5 Å². The van der Waals surface area contributed by atoms with Gasteiger partial charge in [-0.15, -0.1) is 11.3 Å². The summed E-state index contributed by atoms with van der Waals surface area (Å²) in [5, 5.41) is 4.02. The fraction of sp³-hybridized carbons (Fsp3) is 0.357. The first kappa shape index (κ1) is 13.4. The van der Waals surface area contributed by atoms with Crippen LogP contribution in [0.1, 0.15) is 30.5 Å². The van der Waals surface area contributed by atoms with Crippen LogP contribution in [-0.2, 0) is 12.0 Å². The Labute approximate surface area is 117 Å². The SMILES string of the molecule is CC(C)(C)c1ccc(CNc2cnccc2Cl)s1.